The highest BCUT2D eigenvalue weighted by Crippen LogP contribution is 2.15. The zero-order valence-electron chi connectivity index (χ0n) is 14.1. The number of aromatic carboxylic acids is 1. The van der Waals surface area contributed by atoms with Gasteiger partial charge in [-0.1, -0.05) is 12.1 Å². The van der Waals surface area contributed by atoms with Crippen molar-refractivity contribution in [1.29, 1.82) is 0 Å². The second-order valence-corrected chi connectivity index (χ2v) is 6.33. The Morgan fingerprint density at radius 2 is 1.96 bits per heavy atom. The largest absolute Gasteiger partial charge is 0.478 e. The molecule has 3 rings (SSSR count). The van der Waals surface area contributed by atoms with Gasteiger partial charge in [0.15, 0.2) is 0 Å². The van der Waals surface area contributed by atoms with E-state index in [1.165, 1.54) is 24.3 Å². The highest BCUT2D eigenvalue weighted by Gasteiger charge is 2.24. The van der Waals surface area contributed by atoms with Crippen LogP contribution >= 0.6 is 0 Å². The van der Waals surface area contributed by atoms with Crippen LogP contribution in [-0.2, 0) is 6.54 Å². The van der Waals surface area contributed by atoms with E-state index in [0.29, 0.717) is 18.8 Å². The van der Waals surface area contributed by atoms with Gasteiger partial charge in [-0.25, -0.2) is 14.0 Å². The molecular weight excluding hydrogens is 337 g/mol. The molecule has 1 unspecified atom stereocenters. The fraction of sp³-hybridized carbons (Fsp3) is 0.263. The molecule has 7 heteroatoms. The van der Waals surface area contributed by atoms with Crippen molar-refractivity contribution in [3.8, 4) is 0 Å². The average molecular weight is 357 g/mol. The molecule has 136 valence electrons. The lowest BCUT2D eigenvalue weighted by Gasteiger charge is -2.17. The number of carboxylic acid groups (broad SMARTS) is 1. The third-order valence-corrected chi connectivity index (χ3v) is 4.29. The first kappa shape index (κ1) is 17.9. The summed E-state index contributed by atoms with van der Waals surface area (Å²) in [4.78, 5) is 25.3. The number of likely N-dealkylation sites (tertiary alicyclic amines) is 1. The average Bonchev–Trinajstić information content (AvgIpc) is 3.04. The lowest BCUT2D eigenvalue weighted by atomic mass is 10.1. The lowest BCUT2D eigenvalue weighted by Crippen LogP contribution is -2.39. The number of hydrogen-bond acceptors (Lipinski definition) is 3. The highest BCUT2D eigenvalue weighted by molar-refractivity contribution is 5.89. The zero-order chi connectivity index (χ0) is 18.5. The summed E-state index contributed by atoms with van der Waals surface area (Å²) in [6.45, 7) is 2.14. The fourth-order valence-corrected chi connectivity index (χ4v) is 3.04. The first-order chi connectivity index (χ1) is 12.5. The van der Waals surface area contributed by atoms with E-state index in [2.05, 4.69) is 15.5 Å². The number of carbonyl (C=O) groups is 2. The second-order valence-electron chi connectivity index (χ2n) is 6.33. The number of carboxylic acids is 1. The SMILES string of the molecule is O=C(Nc1ccc(F)cc1)NC1CCN(Cc2cccc(C(=O)O)c2)C1. The van der Waals surface area contributed by atoms with Crippen LogP contribution < -0.4 is 10.6 Å². The Hall–Kier alpha value is -2.93. The Morgan fingerprint density at radius 3 is 2.69 bits per heavy atom. The van der Waals surface area contributed by atoms with E-state index < -0.39 is 5.97 Å². The van der Waals surface area contributed by atoms with Crippen molar-refractivity contribution in [3.63, 3.8) is 0 Å². The molecule has 1 atom stereocenters. The molecule has 0 aliphatic carbocycles. The summed E-state index contributed by atoms with van der Waals surface area (Å²) in [6.07, 6.45) is 0.815. The van der Waals surface area contributed by atoms with Crippen LogP contribution in [0.25, 0.3) is 0 Å². The molecule has 1 saturated heterocycles. The quantitative estimate of drug-likeness (QED) is 0.768. The minimum absolute atomic E-state index is 0.0121. The van der Waals surface area contributed by atoms with Crippen molar-refractivity contribution >= 4 is 17.7 Å². The predicted octanol–water partition coefficient (Wildman–Crippen LogP) is 2.92. The number of benzene rings is 2. The van der Waals surface area contributed by atoms with Gasteiger partial charge in [0.25, 0.3) is 0 Å². The first-order valence-corrected chi connectivity index (χ1v) is 8.37. The van der Waals surface area contributed by atoms with Crippen molar-refractivity contribution in [2.75, 3.05) is 18.4 Å². The van der Waals surface area contributed by atoms with Crippen LogP contribution in [0.2, 0.25) is 0 Å². The number of anilines is 1. The highest BCUT2D eigenvalue weighted by atomic mass is 19.1. The third-order valence-electron chi connectivity index (χ3n) is 4.29. The summed E-state index contributed by atoms with van der Waals surface area (Å²) in [5.41, 5.74) is 1.74. The van der Waals surface area contributed by atoms with E-state index in [0.717, 1.165) is 18.5 Å². The van der Waals surface area contributed by atoms with Crippen LogP contribution in [0.1, 0.15) is 22.3 Å². The van der Waals surface area contributed by atoms with Gasteiger partial charge in [0, 0.05) is 31.4 Å². The third kappa shape index (κ3) is 4.80. The van der Waals surface area contributed by atoms with E-state index in [-0.39, 0.29) is 23.5 Å². The predicted molar refractivity (Wildman–Crippen MR) is 95.6 cm³/mol. The molecule has 6 nitrogen and oxygen atoms in total. The number of hydrogen-bond donors (Lipinski definition) is 3. The molecule has 1 aliphatic rings. The second kappa shape index (κ2) is 7.97. The van der Waals surface area contributed by atoms with Gasteiger partial charge in [-0.15, -0.1) is 0 Å². The molecule has 1 fully saturated rings. The molecule has 0 aromatic heterocycles. The van der Waals surface area contributed by atoms with Crippen LogP contribution in [0.5, 0.6) is 0 Å². The fourth-order valence-electron chi connectivity index (χ4n) is 3.04. The maximum Gasteiger partial charge on any atom is 0.335 e. The number of nitrogens with one attached hydrogen (secondary N) is 2. The first-order valence-electron chi connectivity index (χ1n) is 8.37. The van der Waals surface area contributed by atoms with Gasteiger partial charge in [0.1, 0.15) is 5.82 Å². The van der Waals surface area contributed by atoms with E-state index >= 15 is 0 Å². The summed E-state index contributed by atoms with van der Waals surface area (Å²) in [5, 5.41) is 14.6. The van der Waals surface area contributed by atoms with E-state index in [4.69, 9.17) is 5.11 Å². The van der Waals surface area contributed by atoms with Gasteiger partial charge in [-0.3, -0.25) is 4.90 Å². The van der Waals surface area contributed by atoms with Crippen LogP contribution in [0.3, 0.4) is 0 Å². The Morgan fingerprint density at radius 1 is 1.19 bits per heavy atom. The number of halogens is 1. The summed E-state index contributed by atoms with van der Waals surface area (Å²) >= 11 is 0. The molecule has 1 heterocycles. The Balaban J connectivity index is 1.49. The van der Waals surface area contributed by atoms with Crippen molar-refractivity contribution in [2.45, 2.75) is 19.0 Å². The molecule has 1 aliphatic heterocycles. The molecule has 26 heavy (non-hydrogen) atoms. The standard InChI is InChI=1S/C19H20FN3O3/c20-15-4-6-16(7-5-15)21-19(26)22-17-8-9-23(12-17)11-13-2-1-3-14(10-13)18(24)25/h1-7,10,17H,8-9,11-12H2,(H,24,25)(H2,21,22,26). The van der Waals surface area contributed by atoms with Crippen LogP contribution in [0.15, 0.2) is 48.5 Å². The molecule has 2 aromatic carbocycles. The molecule has 2 aromatic rings. The topological polar surface area (TPSA) is 81.7 Å². The molecule has 2 amide bonds. The molecule has 3 N–H and O–H groups in total. The van der Waals surface area contributed by atoms with Crippen molar-refractivity contribution in [1.82, 2.24) is 10.2 Å². The van der Waals surface area contributed by atoms with Crippen molar-refractivity contribution in [2.24, 2.45) is 0 Å². The van der Waals surface area contributed by atoms with Crippen molar-refractivity contribution < 1.29 is 19.1 Å². The molecule has 0 bridgehead atoms. The van der Waals surface area contributed by atoms with Gasteiger partial charge in [-0.2, -0.15) is 0 Å². The van der Waals surface area contributed by atoms with Crippen LogP contribution in [0.4, 0.5) is 14.9 Å². The van der Waals surface area contributed by atoms with Gasteiger partial charge in [0.05, 0.1) is 5.56 Å². The minimum atomic E-state index is -0.940. The summed E-state index contributed by atoms with van der Waals surface area (Å²) < 4.78 is 12.9. The Labute approximate surface area is 150 Å². The number of urea groups is 1. The van der Waals surface area contributed by atoms with Crippen molar-refractivity contribution in [3.05, 3.63) is 65.5 Å². The number of nitrogens with zero attached hydrogens (tertiary/aromatic N) is 1. The normalized spacial score (nSPS) is 17.0. The van der Waals surface area contributed by atoms with E-state index in [1.807, 2.05) is 6.07 Å². The van der Waals surface area contributed by atoms with Crippen LogP contribution in [0, 0.1) is 5.82 Å². The molecule has 0 spiro atoms. The maximum atomic E-state index is 12.9. The number of rotatable bonds is 5. The zero-order valence-corrected chi connectivity index (χ0v) is 14.1. The van der Waals surface area contributed by atoms with Gasteiger partial charge < -0.3 is 15.7 Å². The van der Waals surface area contributed by atoms with Gasteiger partial charge in [-0.05, 0) is 48.4 Å². The molecule has 0 radical (unpaired) electrons. The van der Waals surface area contributed by atoms with Gasteiger partial charge >= 0.3 is 12.0 Å². The number of carbonyl (C=O) groups excluding carboxylic acids is 1. The number of amides is 2. The summed E-state index contributed by atoms with van der Waals surface area (Å²) in [7, 11) is 0. The monoisotopic (exact) mass is 357 g/mol. The van der Waals surface area contributed by atoms with E-state index in [9.17, 15) is 14.0 Å². The lowest BCUT2D eigenvalue weighted by molar-refractivity contribution is 0.0696. The summed E-state index contributed by atoms with van der Waals surface area (Å²) in [5.74, 6) is -1.29. The smallest absolute Gasteiger partial charge is 0.335 e. The minimum Gasteiger partial charge on any atom is -0.478 e. The maximum absolute atomic E-state index is 12.9. The van der Waals surface area contributed by atoms with Gasteiger partial charge in [0.2, 0.25) is 0 Å². The Bertz CT molecular complexity index is 795. The van der Waals surface area contributed by atoms with Crippen LogP contribution in [-0.4, -0.2) is 41.1 Å². The molecule has 0 saturated carbocycles. The molecular formula is C19H20FN3O3. The summed E-state index contributed by atoms with van der Waals surface area (Å²) in [6, 6.07) is 12.2. The van der Waals surface area contributed by atoms with E-state index in [1.54, 1.807) is 18.2 Å². The Kier molecular flexibility index (Phi) is 5.48.